The molecule has 4 rings (SSSR count). The molecule has 30 heavy (non-hydrogen) atoms. The Hall–Kier alpha value is -2.66. The van der Waals surface area contributed by atoms with Gasteiger partial charge in [-0.05, 0) is 63.3 Å². The Morgan fingerprint density at radius 1 is 1.37 bits per heavy atom. The van der Waals surface area contributed by atoms with Gasteiger partial charge in [0.1, 0.15) is 0 Å². The molecule has 1 fully saturated rings. The molecule has 2 aliphatic carbocycles. The zero-order chi connectivity index (χ0) is 21.5. The Kier molecular flexibility index (Phi) is 5.18. The summed E-state index contributed by atoms with van der Waals surface area (Å²) in [5.41, 5.74) is 0.696. The van der Waals surface area contributed by atoms with E-state index >= 15 is 0 Å². The first-order valence-corrected chi connectivity index (χ1v) is 10.8. The predicted octanol–water partition coefficient (Wildman–Crippen LogP) is 3.18. The number of carbonyl (C=O) groups is 1. The largest absolute Gasteiger partial charge is 0.385 e. The van der Waals surface area contributed by atoms with Crippen molar-refractivity contribution in [2.75, 3.05) is 5.32 Å². The van der Waals surface area contributed by atoms with E-state index in [2.05, 4.69) is 48.9 Å². The maximum absolute atomic E-state index is 12.9. The molecular weight excluding hydrogens is 374 g/mol. The van der Waals surface area contributed by atoms with E-state index in [9.17, 15) is 9.90 Å². The number of hydrogen-bond acceptors (Lipinski definition) is 3. The van der Waals surface area contributed by atoms with Gasteiger partial charge in [-0.25, -0.2) is 4.98 Å². The van der Waals surface area contributed by atoms with Crippen LogP contribution in [-0.2, 0) is 15.9 Å². The van der Waals surface area contributed by atoms with Crippen LogP contribution in [0.3, 0.4) is 0 Å². The molecule has 0 spiro atoms. The molecule has 2 aromatic rings. The normalized spacial score (nSPS) is 22.8. The summed E-state index contributed by atoms with van der Waals surface area (Å²) in [7, 11) is 0. The summed E-state index contributed by atoms with van der Waals surface area (Å²) < 4.78 is 2.20. The van der Waals surface area contributed by atoms with Crippen LogP contribution in [0, 0.1) is 5.92 Å². The van der Waals surface area contributed by atoms with Gasteiger partial charge in [0.2, 0.25) is 11.9 Å². The summed E-state index contributed by atoms with van der Waals surface area (Å²) in [6.45, 7) is 8.12. The van der Waals surface area contributed by atoms with Crippen LogP contribution >= 0.6 is 0 Å². The third-order valence-electron chi connectivity index (χ3n) is 6.63. The highest BCUT2D eigenvalue weighted by molar-refractivity contribution is 5.90. The van der Waals surface area contributed by atoms with Crippen LogP contribution in [0.4, 0.5) is 5.95 Å². The molecule has 1 heterocycles. The van der Waals surface area contributed by atoms with Crippen LogP contribution in [-0.4, -0.2) is 20.6 Å². The summed E-state index contributed by atoms with van der Waals surface area (Å²) in [5, 5.41) is 15.9. The number of allylic oxidation sites excluding steroid dienone is 2. The van der Waals surface area contributed by atoms with Crippen molar-refractivity contribution < 1.29 is 9.90 Å². The zero-order valence-corrected chi connectivity index (χ0v) is 18.3. The summed E-state index contributed by atoms with van der Waals surface area (Å²) >= 11 is 0. The van der Waals surface area contributed by atoms with Gasteiger partial charge in [-0.15, -0.1) is 0 Å². The molecule has 0 saturated heterocycles. The number of imidazole rings is 1. The SMILES string of the molecule is C/C=C1\C=c2c(nc(NC(=O)C[C@](C)(O)c3ccccc3)n2C2(C)CCC2)=CC1C. The number of nitrogens with zero attached hydrogens (tertiary/aromatic N) is 2. The summed E-state index contributed by atoms with van der Waals surface area (Å²) in [4.78, 5) is 17.7. The van der Waals surface area contributed by atoms with Crippen LogP contribution in [0.1, 0.15) is 58.9 Å². The van der Waals surface area contributed by atoms with Gasteiger partial charge in [-0.2, -0.15) is 0 Å². The standard InChI is InChI=1S/C25H31N3O2/c1-5-18-15-21-20(14-17(18)2)26-23(28(21)24(3)12-9-13-24)27-22(29)16-25(4,30)19-10-7-6-8-11-19/h5-8,10-11,14-15,17,30H,9,12-13,16H2,1-4H3,(H,26,27,29)/b18-5+/t17?,25-/m0/s1. The fourth-order valence-corrected chi connectivity index (χ4v) is 4.60. The molecular formula is C25H31N3O2. The van der Waals surface area contributed by atoms with Gasteiger partial charge in [-0.1, -0.05) is 43.3 Å². The Bertz CT molecular complexity index is 1110. The smallest absolute Gasteiger partial charge is 0.229 e. The van der Waals surface area contributed by atoms with Crippen molar-refractivity contribution in [3.05, 3.63) is 58.2 Å². The summed E-state index contributed by atoms with van der Waals surface area (Å²) in [5.74, 6) is 0.630. The van der Waals surface area contributed by atoms with Crippen LogP contribution in [0.5, 0.6) is 0 Å². The molecule has 5 heteroatoms. The third-order valence-corrected chi connectivity index (χ3v) is 6.63. The maximum atomic E-state index is 12.9. The van der Waals surface area contributed by atoms with Crippen molar-refractivity contribution in [2.45, 2.75) is 64.5 Å². The monoisotopic (exact) mass is 405 g/mol. The predicted molar refractivity (Wildman–Crippen MR) is 120 cm³/mol. The number of benzene rings is 1. The van der Waals surface area contributed by atoms with E-state index in [4.69, 9.17) is 4.98 Å². The first kappa shape index (κ1) is 20.6. The molecule has 0 radical (unpaired) electrons. The summed E-state index contributed by atoms with van der Waals surface area (Å²) in [6, 6.07) is 9.31. The fourth-order valence-electron chi connectivity index (χ4n) is 4.60. The first-order chi connectivity index (χ1) is 14.2. The second kappa shape index (κ2) is 7.55. The van der Waals surface area contributed by atoms with E-state index in [0.717, 1.165) is 29.1 Å². The first-order valence-electron chi connectivity index (χ1n) is 10.8. The molecule has 1 saturated carbocycles. The van der Waals surface area contributed by atoms with Crippen LogP contribution < -0.4 is 16.0 Å². The molecule has 5 nitrogen and oxygen atoms in total. The van der Waals surface area contributed by atoms with E-state index in [0.29, 0.717) is 11.9 Å². The van der Waals surface area contributed by atoms with Gasteiger partial charge in [0.25, 0.3) is 0 Å². The minimum absolute atomic E-state index is 0.0325. The average molecular weight is 406 g/mol. The minimum atomic E-state index is -1.24. The molecule has 0 aliphatic heterocycles. The van der Waals surface area contributed by atoms with Crippen molar-refractivity contribution in [1.29, 1.82) is 0 Å². The van der Waals surface area contributed by atoms with Gasteiger partial charge >= 0.3 is 0 Å². The Balaban J connectivity index is 1.69. The van der Waals surface area contributed by atoms with E-state index in [1.807, 2.05) is 30.3 Å². The maximum Gasteiger partial charge on any atom is 0.229 e. The van der Waals surface area contributed by atoms with Crippen LogP contribution in [0.15, 0.2) is 42.0 Å². The highest BCUT2D eigenvalue weighted by atomic mass is 16.3. The molecule has 0 bridgehead atoms. The van der Waals surface area contributed by atoms with E-state index < -0.39 is 5.60 Å². The van der Waals surface area contributed by atoms with Crippen molar-refractivity contribution in [2.24, 2.45) is 5.92 Å². The van der Waals surface area contributed by atoms with Crippen molar-refractivity contribution in [3.8, 4) is 0 Å². The van der Waals surface area contributed by atoms with Gasteiger partial charge < -0.3 is 9.67 Å². The molecule has 1 unspecified atom stereocenters. The number of hydrogen-bond donors (Lipinski definition) is 2. The van der Waals surface area contributed by atoms with Crippen LogP contribution in [0.2, 0.25) is 0 Å². The van der Waals surface area contributed by atoms with Crippen molar-refractivity contribution >= 4 is 24.0 Å². The van der Waals surface area contributed by atoms with E-state index in [1.165, 1.54) is 12.0 Å². The lowest BCUT2D eigenvalue weighted by Crippen LogP contribution is -2.47. The number of rotatable bonds is 5. The zero-order valence-electron chi connectivity index (χ0n) is 18.3. The highest BCUT2D eigenvalue weighted by Gasteiger charge is 2.37. The third kappa shape index (κ3) is 3.63. The number of aliphatic hydroxyl groups is 1. The molecule has 1 aromatic heterocycles. The Morgan fingerprint density at radius 2 is 2.07 bits per heavy atom. The quantitative estimate of drug-likeness (QED) is 0.803. The number of nitrogens with one attached hydrogen (secondary N) is 1. The Labute approximate surface area is 177 Å². The Morgan fingerprint density at radius 3 is 2.67 bits per heavy atom. The molecule has 2 N–H and O–H groups in total. The number of amides is 1. The summed E-state index contributed by atoms with van der Waals surface area (Å²) in [6.07, 6.45) is 9.78. The van der Waals surface area contributed by atoms with Crippen molar-refractivity contribution in [3.63, 3.8) is 0 Å². The number of anilines is 1. The molecule has 1 aromatic carbocycles. The van der Waals surface area contributed by atoms with E-state index in [1.54, 1.807) is 6.92 Å². The van der Waals surface area contributed by atoms with Gasteiger partial charge in [0.15, 0.2) is 0 Å². The lowest BCUT2D eigenvalue weighted by Gasteiger charge is -2.41. The second-order valence-electron chi connectivity index (χ2n) is 9.14. The second-order valence-corrected chi connectivity index (χ2v) is 9.14. The molecule has 158 valence electrons. The van der Waals surface area contributed by atoms with Crippen LogP contribution in [0.25, 0.3) is 12.2 Å². The topological polar surface area (TPSA) is 67.2 Å². The highest BCUT2D eigenvalue weighted by Crippen LogP contribution is 2.39. The lowest BCUT2D eigenvalue weighted by molar-refractivity contribution is -0.120. The number of fused-ring (bicyclic) bond motifs is 1. The average Bonchev–Trinajstić information content (AvgIpc) is 3.02. The van der Waals surface area contributed by atoms with Gasteiger partial charge in [0, 0.05) is 11.5 Å². The molecule has 2 aliphatic rings. The lowest BCUT2D eigenvalue weighted by atomic mass is 9.78. The van der Waals surface area contributed by atoms with Crippen molar-refractivity contribution in [1.82, 2.24) is 9.55 Å². The molecule has 2 atom stereocenters. The number of carbonyl (C=O) groups excluding carboxylic acids is 1. The van der Waals surface area contributed by atoms with Gasteiger partial charge in [0.05, 0.1) is 22.7 Å². The minimum Gasteiger partial charge on any atom is -0.385 e. The number of aromatic nitrogens is 2. The van der Waals surface area contributed by atoms with E-state index in [-0.39, 0.29) is 17.9 Å². The molecule has 1 amide bonds. The van der Waals surface area contributed by atoms with Gasteiger partial charge in [-0.3, -0.25) is 10.1 Å². The fraction of sp³-hybridized carbons (Fsp3) is 0.440.